The highest BCUT2D eigenvalue weighted by molar-refractivity contribution is 9.10. The molecule has 1 heterocycles. The zero-order valence-corrected chi connectivity index (χ0v) is 9.08. The van der Waals surface area contributed by atoms with Gasteiger partial charge in [-0.2, -0.15) is 0 Å². The van der Waals surface area contributed by atoms with Gasteiger partial charge in [0.05, 0.1) is 12.7 Å². The monoisotopic (exact) mass is 255 g/mol. The molecule has 1 aromatic rings. The van der Waals surface area contributed by atoms with Crippen molar-refractivity contribution in [3.05, 3.63) is 34.3 Å². The van der Waals surface area contributed by atoms with E-state index in [1.807, 2.05) is 12.1 Å². The number of hydrogen-bond acceptors (Lipinski definition) is 2. The summed E-state index contributed by atoms with van der Waals surface area (Å²) in [5, 5.41) is 2.80. The summed E-state index contributed by atoms with van der Waals surface area (Å²) in [7, 11) is 0. The minimum absolute atomic E-state index is 0.0539. The Bertz CT molecular complexity index is 350. The van der Waals surface area contributed by atoms with Crippen LogP contribution in [0.25, 0.3) is 0 Å². The van der Waals surface area contributed by atoms with E-state index in [4.69, 9.17) is 4.74 Å². The number of carbonyl (C=O) groups excluding carboxylic acids is 1. The van der Waals surface area contributed by atoms with Crippen LogP contribution in [0.2, 0.25) is 0 Å². The van der Waals surface area contributed by atoms with E-state index in [9.17, 15) is 4.79 Å². The molecule has 1 atom stereocenters. The molecule has 1 aliphatic heterocycles. The lowest BCUT2D eigenvalue weighted by atomic mass is 10.2. The van der Waals surface area contributed by atoms with Gasteiger partial charge in [0, 0.05) is 16.6 Å². The van der Waals surface area contributed by atoms with Crippen molar-refractivity contribution in [1.82, 2.24) is 5.32 Å². The van der Waals surface area contributed by atoms with Gasteiger partial charge in [-0.15, -0.1) is 0 Å². The minimum atomic E-state index is -0.0539. The highest BCUT2D eigenvalue weighted by Gasteiger charge is 2.22. The van der Waals surface area contributed by atoms with Gasteiger partial charge in [-0.1, -0.05) is 22.0 Å². The van der Waals surface area contributed by atoms with Gasteiger partial charge < -0.3 is 10.1 Å². The average molecular weight is 256 g/mol. The lowest BCUT2D eigenvalue weighted by Gasteiger charge is -2.02. The maximum Gasteiger partial charge on any atom is 0.251 e. The standard InChI is InChI=1S/C10H10BrNO2/c11-8-3-1-2-7(4-8)10(13)12-5-9-6-14-9/h1-4,9H,5-6H2,(H,12,13). The molecule has 1 aromatic carbocycles. The zero-order chi connectivity index (χ0) is 9.97. The van der Waals surface area contributed by atoms with Gasteiger partial charge >= 0.3 is 0 Å². The average Bonchev–Trinajstić information content (AvgIpc) is 2.97. The first kappa shape index (κ1) is 9.68. The largest absolute Gasteiger partial charge is 0.371 e. The van der Waals surface area contributed by atoms with Crippen molar-refractivity contribution >= 4 is 21.8 Å². The van der Waals surface area contributed by atoms with Crippen molar-refractivity contribution in [3.8, 4) is 0 Å². The van der Waals surface area contributed by atoms with Crippen molar-refractivity contribution in [1.29, 1.82) is 0 Å². The molecule has 4 heteroatoms. The highest BCUT2D eigenvalue weighted by Crippen LogP contribution is 2.12. The maximum absolute atomic E-state index is 11.5. The van der Waals surface area contributed by atoms with Crippen molar-refractivity contribution in [2.24, 2.45) is 0 Å². The molecule has 1 saturated heterocycles. The molecule has 0 aliphatic carbocycles. The molecule has 1 aliphatic rings. The number of halogens is 1. The molecule has 3 nitrogen and oxygen atoms in total. The van der Waals surface area contributed by atoms with Crippen LogP contribution in [-0.2, 0) is 4.74 Å². The predicted octanol–water partition coefficient (Wildman–Crippen LogP) is 1.58. The minimum Gasteiger partial charge on any atom is -0.371 e. The summed E-state index contributed by atoms with van der Waals surface area (Å²) in [6.07, 6.45) is 0.228. The van der Waals surface area contributed by atoms with E-state index in [2.05, 4.69) is 21.2 Å². The normalized spacial score (nSPS) is 19.1. The van der Waals surface area contributed by atoms with Gasteiger partial charge in [-0.05, 0) is 18.2 Å². The van der Waals surface area contributed by atoms with E-state index < -0.39 is 0 Å². The molecule has 1 unspecified atom stereocenters. The first-order valence-electron chi connectivity index (χ1n) is 4.41. The maximum atomic E-state index is 11.5. The topological polar surface area (TPSA) is 41.6 Å². The zero-order valence-electron chi connectivity index (χ0n) is 7.50. The number of epoxide rings is 1. The molecular formula is C10H10BrNO2. The summed E-state index contributed by atoms with van der Waals surface area (Å²) in [6.45, 7) is 1.37. The lowest BCUT2D eigenvalue weighted by molar-refractivity contribution is 0.0950. The van der Waals surface area contributed by atoms with Crippen LogP contribution in [0.5, 0.6) is 0 Å². The second kappa shape index (κ2) is 4.11. The number of nitrogens with one attached hydrogen (secondary N) is 1. The Balaban J connectivity index is 1.95. The first-order chi connectivity index (χ1) is 6.75. The van der Waals surface area contributed by atoms with Gasteiger partial charge in [0.2, 0.25) is 0 Å². The number of carbonyl (C=O) groups is 1. The number of ether oxygens (including phenoxy) is 1. The molecule has 0 aromatic heterocycles. The van der Waals surface area contributed by atoms with Gasteiger partial charge in [-0.25, -0.2) is 0 Å². The first-order valence-corrected chi connectivity index (χ1v) is 5.20. The Kier molecular flexibility index (Phi) is 2.84. The second-order valence-electron chi connectivity index (χ2n) is 3.18. The molecule has 14 heavy (non-hydrogen) atoms. The Morgan fingerprint density at radius 3 is 3.07 bits per heavy atom. The fourth-order valence-electron chi connectivity index (χ4n) is 1.12. The molecule has 0 bridgehead atoms. The predicted molar refractivity (Wildman–Crippen MR) is 56.2 cm³/mol. The number of rotatable bonds is 3. The molecule has 1 N–H and O–H groups in total. The van der Waals surface area contributed by atoms with E-state index in [0.29, 0.717) is 12.1 Å². The van der Waals surface area contributed by atoms with Crippen molar-refractivity contribution in [2.75, 3.05) is 13.2 Å². The summed E-state index contributed by atoms with van der Waals surface area (Å²) in [6, 6.07) is 7.31. The molecule has 0 radical (unpaired) electrons. The van der Waals surface area contributed by atoms with Crippen molar-refractivity contribution in [3.63, 3.8) is 0 Å². The van der Waals surface area contributed by atoms with E-state index >= 15 is 0 Å². The molecule has 0 saturated carbocycles. The summed E-state index contributed by atoms with van der Waals surface area (Å²) >= 11 is 3.32. The van der Waals surface area contributed by atoms with Crippen LogP contribution in [0.4, 0.5) is 0 Å². The third-order valence-corrected chi connectivity index (χ3v) is 2.47. The Morgan fingerprint density at radius 1 is 1.64 bits per heavy atom. The Labute approximate surface area is 90.6 Å². The second-order valence-corrected chi connectivity index (χ2v) is 4.09. The summed E-state index contributed by atoms with van der Waals surface area (Å²) < 4.78 is 5.90. The van der Waals surface area contributed by atoms with Crippen LogP contribution in [0.15, 0.2) is 28.7 Å². The Morgan fingerprint density at radius 2 is 2.43 bits per heavy atom. The van der Waals surface area contributed by atoms with E-state index in [0.717, 1.165) is 11.1 Å². The summed E-state index contributed by atoms with van der Waals surface area (Å²) in [4.78, 5) is 11.5. The SMILES string of the molecule is O=C(NCC1CO1)c1cccc(Br)c1. The highest BCUT2D eigenvalue weighted by atomic mass is 79.9. The molecule has 74 valence electrons. The number of hydrogen-bond donors (Lipinski definition) is 1. The summed E-state index contributed by atoms with van der Waals surface area (Å²) in [5.74, 6) is -0.0539. The van der Waals surface area contributed by atoms with E-state index in [1.165, 1.54) is 0 Å². The molecule has 0 spiro atoms. The quantitative estimate of drug-likeness (QED) is 0.834. The van der Waals surface area contributed by atoms with E-state index in [-0.39, 0.29) is 12.0 Å². The fraction of sp³-hybridized carbons (Fsp3) is 0.300. The third-order valence-electron chi connectivity index (χ3n) is 1.98. The summed E-state index contributed by atoms with van der Waals surface area (Å²) in [5.41, 5.74) is 0.667. The fourth-order valence-corrected chi connectivity index (χ4v) is 1.52. The smallest absolute Gasteiger partial charge is 0.251 e. The van der Waals surface area contributed by atoms with Crippen LogP contribution in [-0.4, -0.2) is 25.2 Å². The number of amides is 1. The molecule has 2 rings (SSSR count). The van der Waals surface area contributed by atoms with Gasteiger partial charge in [0.25, 0.3) is 5.91 Å². The molecular weight excluding hydrogens is 246 g/mol. The van der Waals surface area contributed by atoms with Crippen molar-refractivity contribution < 1.29 is 9.53 Å². The van der Waals surface area contributed by atoms with Crippen LogP contribution in [0, 0.1) is 0 Å². The number of benzene rings is 1. The molecule has 1 fully saturated rings. The Hall–Kier alpha value is -0.870. The molecule has 1 amide bonds. The van der Waals surface area contributed by atoms with Crippen LogP contribution >= 0.6 is 15.9 Å². The van der Waals surface area contributed by atoms with Crippen LogP contribution in [0.1, 0.15) is 10.4 Å². The van der Waals surface area contributed by atoms with Crippen molar-refractivity contribution in [2.45, 2.75) is 6.10 Å². The van der Waals surface area contributed by atoms with Crippen LogP contribution in [0.3, 0.4) is 0 Å². The van der Waals surface area contributed by atoms with Gasteiger partial charge in [0.15, 0.2) is 0 Å². The van der Waals surface area contributed by atoms with E-state index in [1.54, 1.807) is 12.1 Å². The van der Waals surface area contributed by atoms with Gasteiger partial charge in [0.1, 0.15) is 0 Å². The van der Waals surface area contributed by atoms with Gasteiger partial charge in [-0.3, -0.25) is 4.79 Å². The lowest BCUT2D eigenvalue weighted by Crippen LogP contribution is -2.27. The third kappa shape index (κ3) is 2.56. The van der Waals surface area contributed by atoms with Crippen LogP contribution < -0.4 is 5.32 Å².